The highest BCUT2D eigenvalue weighted by atomic mass is 16.5. The van der Waals surface area contributed by atoms with Gasteiger partial charge < -0.3 is 14.4 Å². The van der Waals surface area contributed by atoms with Crippen LogP contribution in [-0.4, -0.2) is 32.5 Å². The van der Waals surface area contributed by atoms with Gasteiger partial charge in [0, 0.05) is 24.8 Å². The van der Waals surface area contributed by atoms with E-state index in [9.17, 15) is 14.7 Å². The summed E-state index contributed by atoms with van der Waals surface area (Å²) < 4.78 is 8.16. The quantitative estimate of drug-likeness (QED) is 0.465. The lowest BCUT2D eigenvalue weighted by Crippen LogP contribution is -2.39. The molecule has 0 spiro atoms. The van der Waals surface area contributed by atoms with Gasteiger partial charge in [0.2, 0.25) is 0 Å². The van der Waals surface area contributed by atoms with Crippen LogP contribution in [0.25, 0.3) is 11.0 Å². The smallest absolute Gasteiger partial charge is 0.306 e. The molecule has 1 fully saturated rings. The maximum atomic E-state index is 13.2. The number of esters is 1. The highest BCUT2D eigenvalue weighted by Crippen LogP contribution is 2.36. The third kappa shape index (κ3) is 6.37. The molecule has 0 saturated carbocycles. The summed E-state index contributed by atoms with van der Waals surface area (Å²) in [6.45, 7) is 14.1. The number of aliphatic hydroxyl groups excluding tert-OH is 1. The van der Waals surface area contributed by atoms with Gasteiger partial charge >= 0.3 is 5.97 Å². The number of Topliss-reactive ketones (excluding diaryl/α,β-unsaturated/α-hetero) is 1. The maximum absolute atomic E-state index is 13.2. The molecular weight excluding hydrogens is 452 g/mol. The molecule has 200 valence electrons. The van der Waals surface area contributed by atoms with Crippen LogP contribution in [0.5, 0.6) is 0 Å². The van der Waals surface area contributed by atoms with Crippen molar-refractivity contribution in [1.82, 2.24) is 9.55 Å². The Kier molecular flexibility index (Phi) is 9.02. The molecule has 6 nitrogen and oxygen atoms in total. The van der Waals surface area contributed by atoms with Gasteiger partial charge in [-0.05, 0) is 61.6 Å². The van der Waals surface area contributed by atoms with Gasteiger partial charge in [0.15, 0.2) is 0 Å². The van der Waals surface area contributed by atoms with E-state index in [-0.39, 0.29) is 30.2 Å². The van der Waals surface area contributed by atoms with E-state index >= 15 is 0 Å². The number of aliphatic hydroxyl groups is 1. The van der Waals surface area contributed by atoms with E-state index < -0.39 is 17.4 Å². The molecule has 1 aliphatic heterocycles. The SMILES string of the molecule is Cc1nc2cc([C@@H]3C[C@H](C)[C@@H](C)CCC[C@H](C)[C@H](O)[C@@H](C)C(=O)C(C)(C)CCC(=O)O3)ccc2n1C. The summed E-state index contributed by atoms with van der Waals surface area (Å²) >= 11 is 0. The van der Waals surface area contributed by atoms with E-state index in [0.717, 1.165) is 48.1 Å². The van der Waals surface area contributed by atoms with Gasteiger partial charge in [0.05, 0.1) is 17.1 Å². The van der Waals surface area contributed by atoms with Gasteiger partial charge in [0.25, 0.3) is 0 Å². The van der Waals surface area contributed by atoms with Crippen molar-refractivity contribution in [2.45, 2.75) is 99.2 Å². The average molecular weight is 499 g/mol. The number of cyclic esters (lactones) is 1. The molecule has 0 radical (unpaired) electrons. The van der Waals surface area contributed by atoms with E-state index in [1.165, 1.54) is 0 Å². The molecule has 1 saturated heterocycles. The van der Waals surface area contributed by atoms with Crippen LogP contribution in [0.2, 0.25) is 0 Å². The van der Waals surface area contributed by atoms with Gasteiger partial charge in [-0.15, -0.1) is 0 Å². The molecule has 2 aromatic rings. The Labute approximate surface area is 216 Å². The van der Waals surface area contributed by atoms with Gasteiger partial charge in [-0.3, -0.25) is 9.59 Å². The zero-order valence-electron chi connectivity index (χ0n) is 23.5. The van der Waals surface area contributed by atoms with Crippen LogP contribution in [0.3, 0.4) is 0 Å². The third-order valence-corrected chi connectivity index (χ3v) is 8.78. The number of nitrogens with zero attached hydrogens (tertiary/aromatic N) is 2. The molecular formula is C30H46N2O4. The normalized spacial score (nSPS) is 31.4. The van der Waals surface area contributed by atoms with E-state index in [1.807, 2.05) is 47.7 Å². The number of hydrogen-bond donors (Lipinski definition) is 1. The largest absolute Gasteiger partial charge is 0.457 e. The summed E-state index contributed by atoms with van der Waals surface area (Å²) in [7, 11) is 2.00. The lowest BCUT2D eigenvalue weighted by atomic mass is 9.74. The number of benzene rings is 1. The molecule has 0 amide bonds. The van der Waals surface area contributed by atoms with E-state index in [1.54, 1.807) is 0 Å². The minimum atomic E-state index is -0.710. The lowest BCUT2D eigenvalue weighted by Gasteiger charge is -2.32. The van der Waals surface area contributed by atoms with Crippen molar-refractivity contribution in [3.63, 3.8) is 0 Å². The Morgan fingerprint density at radius 1 is 1.06 bits per heavy atom. The Hall–Kier alpha value is -2.21. The van der Waals surface area contributed by atoms with Crippen LogP contribution in [-0.2, 0) is 21.4 Å². The molecule has 3 rings (SSSR count). The number of carbonyl (C=O) groups is 2. The zero-order valence-corrected chi connectivity index (χ0v) is 23.5. The second-order valence-electron chi connectivity index (χ2n) is 12.1. The molecule has 0 aliphatic carbocycles. The minimum Gasteiger partial charge on any atom is -0.457 e. The van der Waals surface area contributed by atoms with Crippen molar-refractivity contribution in [3.05, 3.63) is 29.6 Å². The van der Waals surface area contributed by atoms with Crippen molar-refractivity contribution in [2.75, 3.05) is 0 Å². The van der Waals surface area contributed by atoms with E-state index in [2.05, 4.69) is 35.5 Å². The molecule has 1 aromatic carbocycles. The van der Waals surface area contributed by atoms with Crippen molar-refractivity contribution >= 4 is 22.8 Å². The molecule has 1 aliphatic rings. The van der Waals surface area contributed by atoms with Crippen LogP contribution in [0.1, 0.15) is 97.6 Å². The highest BCUT2D eigenvalue weighted by molar-refractivity contribution is 5.87. The standard InChI is InChI=1S/C30H46N2O4/c1-18-10-9-11-19(2)28(34)21(4)29(35)30(6,7)15-14-27(33)36-26(16-20(18)3)23-12-13-25-24(17-23)31-22(5)32(25)8/h12-13,17-21,26,28,34H,9-11,14-16H2,1-8H3/t18-,19-,20-,21+,26-,28-/m0/s1. The van der Waals surface area contributed by atoms with Gasteiger partial charge in [0.1, 0.15) is 17.7 Å². The van der Waals surface area contributed by atoms with Gasteiger partial charge in [-0.25, -0.2) is 4.98 Å². The summed E-state index contributed by atoms with van der Waals surface area (Å²) in [5, 5.41) is 10.9. The Morgan fingerprint density at radius 2 is 1.72 bits per heavy atom. The van der Waals surface area contributed by atoms with Crippen LogP contribution >= 0.6 is 0 Å². The summed E-state index contributed by atoms with van der Waals surface area (Å²) in [4.78, 5) is 31.0. The summed E-state index contributed by atoms with van der Waals surface area (Å²) in [5.74, 6) is 1.07. The first-order valence-corrected chi connectivity index (χ1v) is 13.7. The van der Waals surface area contributed by atoms with E-state index in [4.69, 9.17) is 4.74 Å². The van der Waals surface area contributed by atoms with Gasteiger partial charge in [-0.2, -0.15) is 0 Å². The number of rotatable bonds is 1. The summed E-state index contributed by atoms with van der Waals surface area (Å²) in [6.07, 6.45) is 3.21. The molecule has 6 heteroatoms. The predicted molar refractivity (Wildman–Crippen MR) is 143 cm³/mol. The number of aromatic nitrogens is 2. The maximum Gasteiger partial charge on any atom is 0.306 e. The number of ketones is 1. The molecule has 6 atom stereocenters. The van der Waals surface area contributed by atoms with Crippen LogP contribution in [0.4, 0.5) is 0 Å². The average Bonchev–Trinajstić information content (AvgIpc) is 3.12. The number of imidazole rings is 1. The number of fused-ring (bicyclic) bond motifs is 1. The minimum absolute atomic E-state index is 0.0104. The van der Waals surface area contributed by atoms with Crippen molar-refractivity contribution in [2.24, 2.45) is 36.1 Å². The Morgan fingerprint density at radius 3 is 2.42 bits per heavy atom. The molecule has 1 aromatic heterocycles. The second-order valence-corrected chi connectivity index (χ2v) is 12.1. The fourth-order valence-corrected chi connectivity index (χ4v) is 5.60. The Balaban J connectivity index is 1.89. The second kappa shape index (κ2) is 11.5. The predicted octanol–water partition coefficient (Wildman–Crippen LogP) is 6.32. The monoisotopic (exact) mass is 498 g/mol. The molecule has 1 N–H and O–H groups in total. The molecule has 0 bridgehead atoms. The number of carbonyl (C=O) groups excluding carboxylic acids is 2. The number of hydrogen-bond acceptors (Lipinski definition) is 5. The van der Waals surface area contributed by atoms with E-state index in [0.29, 0.717) is 18.3 Å². The van der Waals surface area contributed by atoms with Crippen molar-refractivity contribution in [1.29, 1.82) is 0 Å². The van der Waals surface area contributed by atoms with Crippen LogP contribution in [0, 0.1) is 36.0 Å². The number of aryl methyl sites for hydroxylation is 2. The Bertz CT molecular complexity index is 1070. The lowest BCUT2D eigenvalue weighted by molar-refractivity contribution is -0.151. The van der Waals surface area contributed by atoms with Gasteiger partial charge in [-0.1, -0.05) is 60.5 Å². The van der Waals surface area contributed by atoms with Crippen molar-refractivity contribution in [3.8, 4) is 0 Å². The third-order valence-electron chi connectivity index (χ3n) is 8.78. The van der Waals surface area contributed by atoms with Crippen LogP contribution in [0.15, 0.2) is 18.2 Å². The first kappa shape index (κ1) is 28.4. The first-order chi connectivity index (χ1) is 16.8. The molecule has 0 unspecified atom stereocenters. The molecule has 2 heterocycles. The molecule has 36 heavy (non-hydrogen) atoms. The first-order valence-electron chi connectivity index (χ1n) is 13.7. The van der Waals surface area contributed by atoms with Crippen LogP contribution < -0.4 is 0 Å². The van der Waals surface area contributed by atoms with Crippen molar-refractivity contribution < 1.29 is 19.4 Å². The number of ether oxygens (including phenoxy) is 1. The fraction of sp³-hybridized carbons (Fsp3) is 0.700. The highest BCUT2D eigenvalue weighted by Gasteiger charge is 2.37. The summed E-state index contributed by atoms with van der Waals surface area (Å²) in [6, 6.07) is 6.16. The summed E-state index contributed by atoms with van der Waals surface area (Å²) in [5.41, 5.74) is 2.22. The fourth-order valence-electron chi connectivity index (χ4n) is 5.60. The topological polar surface area (TPSA) is 81.4 Å². The zero-order chi connectivity index (χ0) is 26.8.